The van der Waals surface area contributed by atoms with Crippen LogP contribution in [0.15, 0.2) is 71.8 Å². The number of benzene rings is 3. The molecule has 3 aromatic carbocycles. The summed E-state index contributed by atoms with van der Waals surface area (Å²) in [6.07, 6.45) is 1.56. The monoisotopic (exact) mass is 443 g/mol. The van der Waals surface area contributed by atoms with Crippen molar-refractivity contribution in [2.24, 2.45) is 0 Å². The van der Waals surface area contributed by atoms with Crippen LogP contribution in [-0.4, -0.2) is 46.7 Å². The van der Waals surface area contributed by atoms with Gasteiger partial charge < -0.3 is 9.47 Å². The van der Waals surface area contributed by atoms with Crippen molar-refractivity contribution in [1.82, 2.24) is 14.5 Å². The molecule has 4 aromatic rings. The molecule has 7 heteroatoms. The molecule has 168 valence electrons. The number of hydrogen-bond donors (Lipinski definition) is 0. The van der Waals surface area contributed by atoms with Crippen LogP contribution in [0, 0.1) is 0 Å². The lowest BCUT2D eigenvalue weighted by atomic mass is 10.0. The molecule has 1 fully saturated rings. The fourth-order valence-electron chi connectivity index (χ4n) is 4.21. The van der Waals surface area contributed by atoms with Gasteiger partial charge in [-0.1, -0.05) is 42.5 Å². The second-order valence-electron chi connectivity index (χ2n) is 8.14. The fourth-order valence-corrected chi connectivity index (χ4v) is 4.21. The molecule has 7 nitrogen and oxygen atoms in total. The van der Waals surface area contributed by atoms with Gasteiger partial charge in [-0.25, -0.2) is 4.98 Å². The maximum absolute atomic E-state index is 12.7. The highest BCUT2D eigenvalue weighted by molar-refractivity contribution is 5.88. The van der Waals surface area contributed by atoms with Gasteiger partial charge in [-0.2, -0.15) is 0 Å². The lowest BCUT2D eigenvalue weighted by Crippen LogP contribution is -2.35. The van der Waals surface area contributed by atoms with E-state index < -0.39 is 0 Å². The van der Waals surface area contributed by atoms with Crippen LogP contribution in [0.5, 0.6) is 5.75 Å². The number of esters is 1. The molecule has 0 aliphatic carbocycles. The molecular formula is C26H25N3O4. The number of ether oxygens (including phenoxy) is 2. The van der Waals surface area contributed by atoms with Crippen LogP contribution in [-0.2, 0) is 22.6 Å². The lowest BCUT2D eigenvalue weighted by molar-refractivity contribution is -0.134. The van der Waals surface area contributed by atoms with Crippen LogP contribution in [0.25, 0.3) is 21.7 Å². The topological polar surface area (TPSA) is 73.7 Å². The van der Waals surface area contributed by atoms with Crippen LogP contribution < -0.4 is 10.3 Å². The summed E-state index contributed by atoms with van der Waals surface area (Å²) in [6, 6.07) is 19.1. The predicted molar refractivity (Wildman–Crippen MR) is 126 cm³/mol. The normalized spacial score (nSPS) is 14.5. The second kappa shape index (κ2) is 9.52. The number of aromatic nitrogens is 2. The number of rotatable bonds is 6. The maximum Gasteiger partial charge on any atom is 0.313 e. The fraction of sp³-hybridized carbons (Fsp3) is 0.269. The summed E-state index contributed by atoms with van der Waals surface area (Å²) in [5.41, 5.74) is 1.48. The molecule has 2 heterocycles. The molecule has 33 heavy (non-hydrogen) atoms. The summed E-state index contributed by atoms with van der Waals surface area (Å²) in [4.78, 5) is 32.0. The highest BCUT2D eigenvalue weighted by Crippen LogP contribution is 2.30. The molecule has 1 aromatic heterocycles. The minimum absolute atomic E-state index is 0.0732. The van der Waals surface area contributed by atoms with E-state index in [0.717, 1.165) is 29.4 Å². The van der Waals surface area contributed by atoms with E-state index in [1.807, 2.05) is 30.3 Å². The minimum atomic E-state index is -0.381. The number of morpholine rings is 1. The van der Waals surface area contributed by atoms with Crippen molar-refractivity contribution in [3.8, 4) is 5.75 Å². The van der Waals surface area contributed by atoms with Gasteiger partial charge in [-0.15, -0.1) is 0 Å². The van der Waals surface area contributed by atoms with Gasteiger partial charge in [0, 0.05) is 31.7 Å². The molecule has 0 bridgehead atoms. The first kappa shape index (κ1) is 21.3. The number of carbonyl (C=O) groups is 1. The van der Waals surface area contributed by atoms with Gasteiger partial charge in [-0.3, -0.25) is 19.1 Å². The van der Waals surface area contributed by atoms with Crippen molar-refractivity contribution in [1.29, 1.82) is 0 Å². The Labute approximate surface area is 191 Å². The molecule has 0 amide bonds. The summed E-state index contributed by atoms with van der Waals surface area (Å²) in [5.74, 6) is 0.183. The molecule has 0 saturated carbocycles. The Kier molecular flexibility index (Phi) is 6.15. The Bertz CT molecular complexity index is 1360. The maximum atomic E-state index is 12.7. The van der Waals surface area contributed by atoms with Crippen LogP contribution >= 0.6 is 0 Å². The van der Waals surface area contributed by atoms with E-state index in [2.05, 4.69) is 22.0 Å². The third-order valence-corrected chi connectivity index (χ3v) is 6.00. The molecule has 1 aliphatic rings. The Balaban J connectivity index is 1.35. The summed E-state index contributed by atoms with van der Waals surface area (Å²) in [6.45, 7) is 3.98. The van der Waals surface area contributed by atoms with E-state index >= 15 is 0 Å². The second-order valence-corrected chi connectivity index (χ2v) is 8.14. The highest BCUT2D eigenvalue weighted by Gasteiger charge is 2.18. The van der Waals surface area contributed by atoms with Crippen LogP contribution in [0.4, 0.5) is 0 Å². The molecular weight excluding hydrogens is 418 g/mol. The first-order chi connectivity index (χ1) is 16.2. The molecule has 0 spiro atoms. The number of para-hydroxylation sites is 1. The van der Waals surface area contributed by atoms with Crippen molar-refractivity contribution >= 4 is 27.6 Å². The first-order valence-electron chi connectivity index (χ1n) is 11.1. The van der Waals surface area contributed by atoms with Crippen molar-refractivity contribution < 1.29 is 14.3 Å². The van der Waals surface area contributed by atoms with E-state index in [1.165, 1.54) is 10.9 Å². The van der Waals surface area contributed by atoms with E-state index in [4.69, 9.17) is 9.47 Å². The number of aryl methyl sites for hydroxylation is 1. The van der Waals surface area contributed by atoms with E-state index in [9.17, 15) is 9.59 Å². The predicted octanol–water partition coefficient (Wildman–Crippen LogP) is 3.38. The molecule has 0 unspecified atom stereocenters. The molecule has 0 atom stereocenters. The number of nitrogens with zero attached hydrogens (tertiary/aromatic N) is 3. The smallest absolute Gasteiger partial charge is 0.313 e. The zero-order valence-electron chi connectivity index (χ0n) is 18.3. The quantitative estimate of drug-likeness (QED) is 0.336. The van der Waals surface area contributed by atoms with Crippen LogP contribution in [0.1, 0.15) is 12.0 Å². The third-order valence-electron chi connectivity index (χ3n) is 6.00. The Hall–Kier alpha value is -3.55. The Morgan fingerprint density at radius 2 is 1.73 bits per heavy atom. The number of carbonyl (C=O) groups excluding carboxylic acids is 1. The number of hydrogen-bond acceptors (Lipinski definition) is 6. The Morgan fingerprint density at radius 3 is 2.58 bits per heavy atom. The zero-order valence-corrected chi connectivity index (χ0v) is 18.3. The highest BCUT2D eigenvalue weighted by atomic mass is 16.5. The van der Waals surface area contributed by atoms with Gasteiger partial charge in [-0.05, 0) is 29.0 Å². The molecule has 0 radical (unpaired) electrons. The van der Waals surface area contributed by atoms with Crippen molar-refractivity contribution in [2.45, 2.75) is 19.5 Å². The average molecular weight is 444 g/mol. The van der Waals surface area contributed by atoms with Crippen molar-refractivity contribution in [2.75, 3.05) is 26.3 Å². The van der Waals surface area contributed by atoms with Crippen LogP contribution in [0.2, 0.25) is 0 Å². The number of fused-ring (bicyclic) bond motifs is 2. The standard InChI is InChI=1S/C26H25N3O4/c30-25(11-12-29-18-27-23-8-4-3-7-21(23)26(29)31)33-24-10-9-19-5-1-2-6-20(19)22(24)17-28-13-15-32-16-14-28/h1-10,18H,11-17H2. The molecule has 5 rings (SSSR count). The van der Waals surface area contributed by atoms with E-state index in [-0.39, 0.29) is 24.5 Å². The summed E-state index contributed by atoms with van der Waals surface area (Å²) < 4.78 is 12.7. The largest absolute Gasteiger partial charge is 0.426 e. The van der Waals surface area contributed by atoms with Gasteiger partial charge in [0.15, 0.2) is 0 Å². The Morgan fingerprint density at radius 1 is 0.970 bits per heavy atom. The third kappa shape index (κ3) is 4.65. The van der Waals surface area contributed by atoms with Crippen molar-refractivity contribution in [3.05, 3.63) is 82.9 Å². The van der Waals surface area contributed by atoms with Gasteiger partial charge >= 0.3 is 5.97 Å². The minimum Gasteiger partial charge on any atom is -0.426 e. The lowest BCUT2D eigenvalue weighted by Gasteiger charge is -2.27. The summed E-state index contributed by atoms with van der Waals surface area (Å²) in [5, 5.41) is 2.72. The first-order valence-corrected chi connectivity index (χ1v) is 11.1. The van der Waals surface area contributed by atoms with Gasteiger partial charge in [0.1, 0.15) is 5.75 Å². The van der Waals surface area contributed by atoms with Gasteiger partial charge in [0.2, 0.25) is 0 Å². The van der Waals surface area contributed by atoms with Gasteiger partial charge in [0.25, 0.3) is 5.56 Å². The van der Waals surface area contributed by atoms with E-state index in [1.54, 1.807) is 18.2 Å². The van der Waals surface area contributed by atoms with Crippen molar-refractivity contribution in [3.63, 3.8) is 0 Å². The summed E-state index contributed by atoms with van der Waals surface area (Å²) >= 11 is 0. The molecule has 0 N–H and O–H groups in total. The molecule has 1 saturated heterocycles. The van der Waals surface area contributed by atoms with Gasteiger partial charge in [0.05, 0.1) is 36.9 Å². The van der Waals surface area contributed by atoms with E-state index in [0.29, 0.717) is 36.4 Å². The summed E-state index contributed by atoms with van der Waals surface area (Å²) in [7, 11) is 0. The molecule has 1 aliphatic heterocycles. The average Bonchev–Trinajstić information content (AvgIpc) is 2.86. The van der Waals surface area contributed by atoms with Crippen LogP contribution in [0.3, 0.4) is 0 Å². The zero-order chi connectivity index (χ0) is 22.6. The SMILES string of the molecule is O=C(CCn1cnc2ccccc2c1=O)Oc1ccc2ccccc2c1CN1CCOCC1.